The number of halogens is 1. The quantitative estimate of drug-likeness (QED) is 0.515. The second-order valence-corrected chi connectivity index (χ2v) is 9.03. The molecule has 0 aliphatic carbocycles. The molecule has 0 fully saturated rings. The van der Waals surface area contributed by atoms with Crippen molar-refractivity contribution in [2.45, 2.75) is 30.3 Å². The van der Waals surface area contributed by atoms with Crippen LogP contribution in [-0.4, -0.2) is 27.5 Å². The van der Waals surface area contributed by atoms with E-state index in [-0.39, 0.29) is 17.4 Å². The molecule has 0 saturated heterocycles. The molecule has 0 radical (unpaired) electrons. The van der Waals surface area contributed by atoms with E-state index < -0.39 is 27.8 Å². The summed E-state index contributed by atoms with van der Waals surface area (Å²) in [5.41, 5.74) is 1.64. The Kier molecular flexibility index (Phi) is 7.61. The number of hydrogen-bond acceptors (Lipinski definition) is 4. The minimum Gasteiger partial charge on any atom is -0.497 e. The molecule has 0 heterocycles. The molecule has 8 heteroatoms. The predicted octanol–water partition coefficient (Wildman–Crippen LogP) is 3.60. The van der Waals surface area contributed by atoms with Gasteiger partial charge in [-0.3, -0.25) is 4.79 Å². The van der Waals surface area contributed by atoms with Crippen LogP contribution >= 0.6 is 0 Å². The van der Waals surface area contributed by atoms with Crippen LogP contribution < -0.4 is 14.8 Å². The number of methoxy groups -OCH3 is 1. The summed E-state index contributed by atoms with van der Waals surface area (Å²) in [5, 5.41) is 2.87. The number of amides is 1. The van der Waals surface area contributed by atoms with E-state index in [1.165, 1.54) is 0 Å². The maximum atomic E-state index is 13.2. The third kappa shape index (κ3) is 6.15. The topological polar surface area (TPSA) is 84.5 Å². The van der Waals surface area contributed by atoms with Gasteiger partial charge < -0.3 is 10.1 Å². The van der Waals surface area contributed by atoms with Gasteiger partial charge in [0.05, 0.1) is 18.0 Å². The van der Waals surface area contributed by atoms with Gasteiger partial charge in [0.25, 0.3) is 0 Å². The normalized spacial score (nSPS) is 13.2. The highest BCUT2D eigenvalue weighted by atomic mass is 32.2. The lowest BCUT2D eigenvalue weighted by Crippen LogP contribution is -2.48. The number of carbonyl (C=O) groups excluding carboxylic acids is 1. The molecule has 168 valence electrons. The number of ether oxygens (including phenoxy) is 1. The summed E-state index contributed by atoms with van der Waals surface area (Å²) in [6.45, 7) is 1.81. The van der Waals surface area contributed by atoms with Crippen molar-refractivity contribution in [3.8, 4) is 5.75 Å². The molecule has 0 bridgehead atoms. The van der Waals surface area contributed by atoms with Crippen molar-refractivity contribution in [1.82, 2.24) is 10.0 Å². The zero-order chi connectivity index (χ0) is 23.1. The lowest BCUT2D eigenvalue weighted by atomic mass is 10.0. The molecular formula is C24H25FN2O4S. The maximum absolute atomic E-state index is 13.2. The summed E-state index contributed by atoms with van der Waals surface area (Å²) >= 11 is 0. The Balaban J connectivity index is 1.81. The summed E-state index contributed by atoms with van der Waals surface area (Å²) in [6.07, 6.45) is 0.155. The van der Waals surface area contributed by atoms with Gasteiger partial charge in [0.1, 0.15) is 17.6 Å². The molecule has 0 saturated carbocycles. The fourth-order valence-electron chi connectivity index (χ4n) is 3.20. The molecule has 6 nitrogen and oxygen atoms in total. The first-order chi connectivity index (χ1) is 15.3. The number of rotatable bonds is 9. The Bertz CT molecular complexity index is 1130. The highest BCUT2D eigenvalue weighted by Gasteiger charge is 2.27. The molecular weight excluding hydrogens is 431 g/mol. The molecule has 2 atom stereocenters. The number of sulfonamides is 1. The van der Waals surface area contributed by atoms with E-state index in [0.29, 0.717) is 5.75 Å². The molecule has 0 aromatic heterocycles. The van der Waals surface area contributed by atoms with Crippen molar-refractivity contribution >= 4 is 15.9 Å². The Hall–Kier alpha value is -3.23. The monoisotopic (exact) mass is 456 g/mol. The number of carbonyl (C=O) groups is 1. The van der Waals surface area contributed by atoms with Gasteiger partial charge >= 0.3 is 0 Å². The van der Waals surface area contributed by atoms with Crippen LogP contribution in [0.4, 0.5) is 4.39 Å². The minimum absolute atomic E-state index is 0.118. The highest BCUT2D eigenvalue weighted by molar-refractivity contribution is 7.89. The van der Waals surface area contributed by atoms with Gasteiger partial charge in [0.2, 0.25) is 15.9 Å². The average Bonchev–Trinajstić information content (AvgIpc) is 2.79. The zero-order valence-corrected chi connectivity index (χ0v) is 18.6. The molecule has 3 rings (SSSR count). The SMILES string of the molecule is COc1ccc([C@@H](C)NC(=O)[C@H](Cc2ccccc2)NS(=O)(=O)c2ccc(F)cc2)cc1. The smallest absolute Gasteiger partial charge is 0.241 e. The van der Waals surface area contributed by atoms with Crippen molar-refractivity contribution in [3.05, 3.63) is 95.8 Å². The first-order valence-corrected chi connectivity index (χ1v) is 11.5. The van der Waals surface area contributed by atoms with E-state index in [2.05, 4.69) is 10.0 Å². The number of hydrogen-bond donors (Lipinski definition) is 2. The molecule has 2 N–H and O–H groups in total. The standard InChI is InChI=1S/C24H25FN2O4S/c1-17(19-8-12-21(31-2)13-9-19)26-24(28)23(16-18-6-4-3-5-7-18)27-32(29,30)22-14-10-20(25)11-15-22/h3-15,17,23,27H,16H2,1-2H3,(H,26,28)/t17-,23+/m1/s1. The lowest BCUT2D eigenvalue weighted by Gasteiger charge is -2.22. The Morgan fingerprint density at radius 3 is 2.19 bits per heavy atom. The van der Waals surface area contributed by atoms with Crippen LogP contribution in [0.1, 0.15) is 24.1 Å². The van der Waals surface area contributed by atoms with Crippen LogP contribution in [0.3, 0.4) is 0 Å². The van der Waals surface area contributed by atoms with E-state index in [4.69, 9.17) is 4.74 Å². The van der Waals surface area contributed by atoms with Gasteiger partial charge in [0.15, 0.2) is 0 Å². The summed E-state index contributed by atoms with van der Waals surface area (Å²) in [6, 6.07) is 19.4. The second-order valence-electron chi connectivity index (χ2n) is 7.32. The molecule has 0 spiro atoms. The van der Waals surface area contributed by atoms with Crippen molar-refractivity contribution in [2.24, 2.45) is 0 Å². The summed E-state index contributed by atoms with van der Waals surface area (Å²) in [7, 11) is -2.47. The van der Waals surface area contributed by atoms with Crippen molar-refractivity contribution in [2.75, 3.05) is 7.11 Å². The highest BCUT2D eigenvalue weighted by Crippen LogP contribution is 2.18. The van der Waals surface area contributed by atoms with Gasteiger partial charge in [-0.2, -0.15) is 4.72 Å². The molecule has 3 aromatic rings. The van der Waals surface area contributed by atoms with E-state index in [0.717, 1.165) is 35.4 Å². The molecule has 0 aliphatic heterocycles. The van der Waals surface area contributed by atoms with E-state index in [1.54, 1.807) is 19.2 Å². The van der Waals surface area contributed by atoms with Gasteiger partial charge in [-0.15, -0.1) is 0 Å². The summed E-state index contributed by atoms with van der Waals surface area (Å²) in [5.74, 6) is -0.319. The molecule has 0 aliphatic rings. The first-order valence-electron chi connectivity index (χ1n) is 10.0. The third-order valence-electron chi connectivity index (χ3n) is 5.00. The molecule has 0 unspecified atom stereocenters. The maximum Gasteiger partial charge on any atom is 0.241 e. The first kappa shape index (κ1) is 23.4. The lowest BCUT2D eigenvalue weighted by molar-refractivity contribution is -0.123. The van der Waals surface area contributed by atoms with Crippen LogP contribution in [0.2, 0.25) is 0 Å². The van der Waals surface area contributed by atoms with Crippen molar-refractivity contribution < 1.29 is 22.3 Å². The minimum atomic E-state index is -4.04. The largest absolute Gasteiger partial charge is 0.497 e. The van der Waals surface area contributed by atoms with Crippen LogP contribution in [0, 0.1) is 5.82 Å². The van der Waals surface area contributed by atoms with Crippen molar-refractivity contribution in [1.29, 1.82) is 0 Å². The molecule has 1 amide bonds. The molecule has 3 aromatic carbocycles. The fraction of sp³-hybridized carbons (Fsp3) is 0.208. The average molecular weight is 457 g/mol. The van der Waals surface area contributed by atoms with E-state index in [9.17, 15) is 17.6 Å². The number of benzene rings is 3. The van der Waals surface area contributed by atoms with Crippen LogP contribution in [0.5, 0.6) is 5.75 Å². The Morgan fingerprint density at radius 1 is 0.969 bits per heavy atom. The van der Waals surface area contributed by atoms with E-state index in [1.807, 2.05) is 49.4 Å². The van der Waals surface area contributed by atoms with E-state index >= 15 is 0 Å². The van der Waals surface area contributed by atoms with Gasteiger partial charge in [-0.05, 0) is 60.9 Å². The van der Waals surface area contributed by atoms with Crippen LogP contribution in [0.15, 0.2) is 83.8 Å². The molecule has 32 heavy (non-hydrogen) atoms. The fourth-order valence-corrected chi connectivity index (χ4v) is 4.39. The number of nitrogens with one attached hydrogen (secondary N) is 2. The second kappa shape index (κ2) is 10.4. The summed E-state index contributed by atoms with van der Waals surface area (Å²) < 4.78 is 46.5. The Morgan fingerprint density at radius 2 is 1.59 bits per heavy atom. The van der Waals surface area contributed by atoms with Crippen LogP contribution in [0.25, 0.3) is 0 Å². The van der Waals surface area contributed by atoms with Gasteiger partial charge in [-0.25, -0.2) is 12.8 Å². The van der Waals surface area contributed by atoms with Crippen molar-refractivity contribution in [3.63, 3.8) is 0 Å². The Labute approximate surface area is 187 Å². The predicted molar refractivity (Wildman–Crippen MR) is 120 cm³/mol. The van der Waals surface area contributed by atoms with Gasteiger partial charge in [-0.1, -0.05) is 42.5 Å². The zero-order valence-electron chi connectivity index (χ0n) is 17.8. The van der Waals surface area contributed by atoms with Gasteiger partial charge in [0, 0.05) is 0 Å². The third-order valence-corrected chi connectivity index (χ3v) is 6.48. The van der Waals surface area contributed by atoms with Crippen LogP contribution in [-0.2, 0) is 21.2 Å². The summed E-state index contributed by atoms with van der Waals surface area (Å²) in [4.78, 5) is 13.0.